The molecule has 1 aromatic carbocycles. The van der Waals surface area contributed by atoms with Crippen molar-refractivity contribution in [3.8, 4) is 0 Å². The Balaban J connectivity index is 2.19. The molecule has 1 aliphatic rings. The lowest BCUT2D eigenvalue weighted by Gasteiger charge is -2.11. The van der Waals surface area contributed by atoms with Crippen molar-refractivity contribution in [1.82, 2.24) is 4.98 Å². The number of anilines is 1. The third-order valence-corrected chi connectivity index (χ3v) is 2.83. The van der Waals surface area contributed by atoms with Gasteiger partial charge in [0.15, 0.2) is 0 Å². The number of nitrogens with zero attached hydrogens (tertiary/aromatic N) is 1. The highest BCUT2D eigenvalue weighted by atomic mass is 16.2. The average Bonchev–Trinajstić information content (AvgIpc) is 2.64. The topological polar surface area (TPSA) is 70.2 Å². The summed E-state index contributed by atoms with van der Waals surface area (Å²) in [5, 5.41) is 0. The zero-order chi connectivity index (χ0) is 12.7. The van der Waals surface area contributed by atoms with Gasteiger partial charge in [0.2, 0.25) is 0 Å². The van der Waals surface area contributed by atoms with E-state index in [9.17, 15) is 14.4 Å². The van der Waals surface area contributed by atoms with Gasteiger partial charge in [-0.1, -0.05) is 12.1 Å². The summed E-state index contributed by atoms with van der Waals surface area (Å²) in [4.78, 5) is 39.2. The second kappa shape index (κ2) is 3.66. The molecular weight excluding hydrogens is 232 g/mol. The molecule has 88 valence electrons. The quantitative estimate of drug-likeness (QED) is 0.761. The molecule has 1 aromatic heterocycles. The molecule has 3 rings (SSSR count). The second-order valence-corrected chi connectivity index (χ2v) is 3.88. The summed E-state index contributed by atoms with van der Waals surface area (Å²) in [6, 6.07) is 9.53. The van der Waals surface area contributed by atoms with Crippen molar-refractivity contribution in [3.63, 3.8) is 0 Å². The van der Waals surface area contributed by atoms with Crippen LogP contribution in [0.5, 0.6) is 0 Å². The van der Waals surface area contributed by atoms with Gasteiger partial charge < -0.3 is 4.98 Å². The highest BCUT2D eigenvalue weighted by Crippen LogP contribution is 2.25. The minimum Gasteiger partial charge on any atom is -0.327 e. The number of carbonyl (C=O) groups is 2. The van der Waals surface area contributed by atoms with Gasteiger partial charge >= 0.3 is 0 Å². The highest BCUT2D eigenvalue weighted by Gasteiger charge is 2.37. The Labute approximate surface area is 102 Å². The normalized spacial score (nSPS) is 13.9. The van der Waals surface area contributed by atoms with Gasteiger partial charge in [0.05, 0.1) is 11.1 Å². The Morgan fingerprint density at radius 3 is 2.00 bits per heavy atom. The van der Waals surface area contributed by atoms with E-state index in [2.05, 4.69) is 4.98 Å². The predicted molar refractivity (Wildman–Crippen MR) is 64.6 cm³/mol. The largest absolute Gasteiger partial charge is 0.327 e. The Morgan fingerprint density at radius 2 is 1.44 bits per heavy atom. The lowest BCUT2D eigenvalue weighted by Crippen LogP contribution is -2.33. The van der Waals surface area contributed by atoms with E-state index in [-0.39, 0.29) is 5.69 Å². The van der Waals surface area contributed by atoms with E-state index in [1.165, 1.54) is 12.3 Å². The van der Waals surface area contributed by atoms with Crippen molar-refractivity contribution in [2.24, 2.45) is 0 Å². The number of hydrogen-bond donors (Lipinski definition) is 1. The van der Waals surface area contributed by atoms with Crippen LogP contribution < -0.4 is 10.5 Å². The molecular formula is C13H8N2O3. The number of amides is 2. The summed E-state index contributed by atoms with van der Waals surface area (Å²) in [5.41, 5.74) is 0.229. The first-order chi connectivity index (χ1) is 8.70. The van der Waals surface area contributed by atoms with Gasteiger partial charge in [-0.05, 0) is 24.3 Å². The summed E-state index contributed by atoms with van der Waals surface area (Å²) in [6.45, 7) is 0. The summed E-state index contributed by atoms with van der Waals surface area (Å²) in [7, 11) is 0. The molecule has 18 heavy (non-hydrogen) atoms. The first-order valence-electron chi connectivity index (χ1n) is 5.35. The van der Waals surface area contributed by atoms with Gasteiger partial charge in [-0.3, -0.25) is 14.4 Å². The molecule has 0 fully saturated rings. The third-order valence-electron chi connectivity index (χ3n) is 2.83. The van der Waals surface area contributed by atoms with E-state index < -0.39 is 17.4 Å². The standard InChI is InChI=1S/C13H8N2O3/c16-11-10(6-3-7-14-11)15-12(17)8-4-1-2-5-9(8)13(15)18/h1-7H,(H,14,16). The fraction of sp³-hybridized carbons (Fsp3) is 0. The number of imide groups is 1. The number of benzene rings is 1. The van der Waals surface area contributed by atoms with Crippen LogP contribution >= 0.6 is 0 Å². The summed E-state index contributed by atoms with van der Waals surface area (Å²) >= 11 is 0. The summed E-state index contributed by atoms with van der Waals surface area (Å²) < 4.78 is 0. The Bertz CT molecular complexity index is 683. The number of pyridine rings is 1. The van der Waals surface area contributed by atoms with Gasteiger partial charge in [-0.2, -0.15) is 0 Å². The highest BCUT2D eigenvalue weighted by molar-refractivity contribution is 6.34. The fourth-order valence-corrected chi connectivity index (χ4v) is 2.00. The molecule has 2 aromatic rings. The van der Waals surface area contributed by atoms with E-state index in [1.54, 1.807) is 30.3 Å². The first kappa shape index (κ1) is 10.5. The van der Waals surface area contributed by atoms with Crippen molar-refractivity contribution >= 4 is 17.5 Å². The molecule has 0 bridgehead atoms. The van der Waals surface area contributed by atoms with Crippen molar-refractivity contribution in [3.05, 3.63) is 64.1 Å². The third kappa shape index (κ3) is 1.31. The van der Waals surface area contributed by atoms with Crippen LogP contribution in [0.25, 0.3) is 0 Å². The molecule has 0 radical (unpaired) electrons. The fourth-order valence-electron chi connectivity index (χ4n) is 2.00. The molecule has 0 saturated carbocycles. The molecule has 0 unspecified atom stereocenters. The van der Waals surface area contributed by atoms with Crippen LogP contribution in [0.4, 0.5) is 5.69 Å². The zero-order valence-corrected chi connectivity index (χ0v) is 9.21. The molecule has 5 nitrogen and oxygen atoms in total. The van der Waals surface area contributed by atoms with Gasteiger partial charge in [-0.15, -0.1) is 0 Å². The van der Waals surface area contributed by atoms with E-state index in [1.807, 2.05) is 0 Å². The number of carbonyl (C=O) groups excluding carboxylic acids is 2. The minimum atomic E-state index is -0.466. The van der Waals surface area contributed by atoms with E-state index >= 15 is 0 Å². The smallest absolute Gasteiger partial charge is 0.272 e. The molecule has 2 heterocycles. The van der Waals surface area contributed by atoms with Gasteiger partial charge in [-0.25, -0.2) is 4.90 Å². The van der Waals surface area contributed by atoms with Crippen LogP contribution in [0.2, 0.25) is 0 Å². The van der Waals surface area contributed by atoms with Crippen LogP contribution in [0.1, 0.15) is 20.7 Å². The van der Waals surface area contributed by atoms with Crippen molar-refractivity contribution in [2.45, 2.75) is 0 Å². The van der Waals surface area contributed by atoms with Crippen molar-refractivity contribution in [1.29, 1.82) is 0 Å². The van der Waals surface area contributed by atoms with E-state index in [4.69, 9.17) is 0 Å². The van der Waals surface area contributed by atoms with Crippen LogP contribution in [0.3, 0.4) is 0 Å². The van der Waals surface area contributed by atoms with Crippen molar-refractivity contribution < 1.29 is 9.59 Å². The average molecular weight is 240 g/mol. The van der Waals surface area contributed by atoms with Crippen LogP contribution in [-0.4, -0.2) is 16.8 Å². The Hall–Kier alpha value is -2.69. The van der Waals surface area contributed by atoms with E-state index in [0.29, 0.717) is 11.1 Å². The van der Waals surface area contributed by atoms with Gasteiger partial charge in [0.1, 0.15) is 5.69 Å². The maximum Gasteiger partial charge on any atom is 0.272 e. The number of hydrogen-bond acceptors (Lipinski definition) is 3. The monoisotopic (exact) mass is 240 g/mol. The maximum atomic E-state index is 12.1. The second-order valence-electron chi connectivity index (χ2n) is 3.88. The molecule has 2 amide bonds. The molecule has 0 saturated heterocycles. The Kier molecular flexibility index (Phi) is 2.13. The lowest BCUT2D eigenvalue weighted by molar-refractivity contribution is 0.0925. The molecule has 1 N–H and O–H groups in total. The summed E-state index contributed by atoms with van der Waals surface area (Å²) in [6.07, 6.45) is 1.45. The van der Waals surface area contributed by atoms with Crippen LogP contribution in [0, 0.1) is 0 Å². The molecule has 5 heteroatoms. The summed E-state index contributed by atoms with van der Waals surface area (Å²) in [5.74, 6) is -0.931. The van der Waals surface area contributed by atoms with Crippen molar-refractivity contribution in [2.75, 3.05) is 4.90 Å². The van der Waals surface area contributed by atoms with Gasteiger partial charge in [0, 0.05) is 6.20 Å². The predicted octanol–water partition coefficient (Wildman–Crippen LogP) is 1.18. The maximum absolute atomic E-state index is 12.1. The molecule has 0 spiro atoms. The molecule has 0 aliphatic carbocycles. The number of nitrogens with one attached hydrogen (secondary N) is 1. The number of rotatable bonds is 1. The number of aromatic nitrogens is 1. The number of aromatic amines is 1. The lowest BCUT2D eigenvalue weighted by atomic mass is 10.1. The van der Waals surface area contributed by atoms with Crippen LogP contribution in [0.15, 0.2) is 47.4 Å². The Morgan fingerprint density at radius 1 is 0.833 bits per heavy atom. The number of fused-ring (bicyclic) bond motifs is 1. The molecule has 1 aliphatic heterocycles. The minimum absolute atomic E-state index is 0.0451. The van der Waals surface area contributed by atoms with E-state index in [0.717, 1.165) is 4.90 Å². The first-order valence-corrected chi connectivity index (χ1v) is 5.35. The molecule has 0 atom stereocenters. The van der Waals surface area contributed by atoms with Crippen LogP contribution in [-0.2, 0) is 0 Å². The SMILES string of the molecule is O=C1c2ccccc2C(=O)N1c1ccc[nH]c1=O. The zero-order valence-electron chi connectivity index (χ0n) is 9.21. The van der Waals surface area contributed by atoms with Gasteiger partial charge in [0.25, 0.3) is 17.4 Å². The number of H-pyrrole nitrogens is 1.